The van der Waals surface area contributed by atoms with Crippen LogP contribution in [0.15, 0.2) is 12.4 Å². The second kappa shape index (κ2) is 5.94. The first-order chi connectivity index (χ1) is 9.51. The molecular formula is C13H20N4O3. The van der Waals surface area contributed by atoms with Gasteiger partial charge in [0.2, 0.25) is 0 Å². The summed E-state index contributed by atoms with van der Waals surface area (Å²) in [6, 6.07) is 0.366. The molecule has 2 atom stereocenters. The molecule has 2 amide bonds. The average molecular weight is 280 g/mol. The molecule has 2 rings (SSSR count). The number of nitrogens with zero attached hydrogens (tertiary/aromatic N) is 3. The highest BCUT2D eigenvalue weighted by Crippen LogP contribution is 2.26. The van der Waals surface area contributed by atoms with Crippen LogP contribution in [-0.2, 0) is 11.3 Å². The molecule has 2 N–H and O–H groups in total. The van der Waals surface area contributed by atoms with Gasteiger partial charge in [-0.1, -0.05) is 6.92 Å². The Labute approximate surface area is 117 Å². The van der Waals surface area contributed by atoms with Crippen LogP contribution in [0.1, 0.15) is 33.1 Å². The summed E-state index contributed by atoms with van der Waals surface area (Å²) in [5.74, 6) is -0.967. The lowest BCUT2D eigenvalue weighted by Gasteiger charge is -2.27. The maximum atomic E-state index is 12.3. The lowest BCUT2D eigenvalue weighted by Crippen LogP contribution is -2.42. The Kier molecular flexibility index (Phi) is 4.26. The highest BCUT2D eigenvalue weighted by molar-refractivity contribution is 5.89. The number of carbonyl (C=O) groups excluding carboxylic acids is 1. The summed E-state index contributed by atoms with van der Waals surface area (Å²) in [5, 5.41) is 15.4. The van der Waals surface area contributed by atoms with Gasteiger partial charge in [-0.05, 0) is 26.2 Å². The summed E-state index contributed by atoms with van der Waals surface area (Å²) >= 11 is 0. The van der Waals surface area contributed by atoms with E-state index in [1.807, 2.05) is 11.8 Å². The Bertz CT molecular complexity index is 500. The van der Waals surface area contributed by atoms with Gasteiger partial charge in [0.05, 0.1) is 11.9 Å². The van der Waals surface area contributed by atoms with Crippen molar-refractivity contribution in [3.63, 3.8) is 0 Å². The van der Waals surface area contributed by atoms with Gasteiger partial charge < -0.3 is 15.3 Å². The summed E-state index contributed by atoms with van der Waals surface area (Å²) in [7, 11) is 0. The van der Waals surface area contributed by atoms with Crippen LogP contribution in [0.5, 0.6) is 0 Å². The fraction of sp³-hybridized carbons (Fsp3) is 0.615. The molecule has 0 aromatic carbocycles. The molecule has 1 aromatic rings. The van der Waals surface area contributed by atoms with Crippen molar-refractivity contribution in [1.29, 1.82) is 0 Å². The zero-order valence-corrected chi connectivity index (χ0v) is 11.7. The van der Waals surface area contributed by atoms with Crippen LogP contribution in [0.25, 0.3) is 0 Å². The number of carboxylic acids is 1. The first-order valence-corrected chi connectivity index (χ1v) is 6.84. The smallest absolute Gasteiger partial charge is 0.325 e. The van der Waals surface area contributed by atoms with Gasteiger partial charge >= 0.3 is 12.0 Å². The van der Waals surface area contributed by atoms with E-state index < -0.39 is 5.97 Å². The van der Waals surface area contributed by atoms with Crippen LogP contribution in [0.2, 0.25) is 0 Å². The van der Waals surface area contributed by atoms with Crippen molar-refractivity contribution < 1.29 is 14.7 Å². The summed E-state index contributed by atoms with van der Waals surface area (Å²) in [6.45, 7) is 3.91. The van der Waals surface area contributed by atoms with Gasteiger partial charge in [-0.3, -0.25) is 9.48 Å². The lowest BCUT2D eigenvalue weighted by molar-refractivity contribution is -0.137. The van der Waals surface area contributed by atoms with Gasteiger partial charge in [-0.2, -0.15) is 5.10 Å². The third kappa shape index (κ3) is 3.09. The molecule has 0 radical (unpaired) electrons. The molecule has 110 valence electrons. The van der Waals surface area contributed by atoms with Crippen LogP contribution in [0.4, 0.5) is 10.5 Å². The number of anilines is 1. The summed E-state index contributed by atoms with van der Waals surface area (Å²) < 4.78 is 1.28. The van der Waals surface area contributed by atoms with E-state index in [1.54, 1.807) is 0 Å². The van der Waals surface area contributed by atoms with Gasteiger partial charge in [0.15, 0.2) is 0 Å². The van der Waals surface area contributed by atoms with Crippen molar-refractivity contribution in [2.75, 3.05) is 5.32 Å². The topological polar surface area (TPSA) is 87.5 Å². The first-order valence-electron chi connectivity index (χ1n) is 6.84. The number of urea groups is 1. The number of hydrogen-bond acceptors (Lipinski definition) is 3. The summed E-state index contributed by atoms with van der Waals surface area (Å²) in [5.41, 5.74) is 0.519. The van der Waals surface area contributed by atoms with E-state index >= 15 is 0 Å². The van der Waals surface area contributed by atoms with Crippen LogP contribution < -0.4 is 5.32 Å². The van der Waals surface area contributed by atoms with E-state index in [4.69, 9.17) is 5.11 Å². The minimum absolute atomic E-state index is 0.142. The minimum Gasteiger partial charge on any atom is -0.480 e. The number of hydrogen-bond donors (Lipinski definition) is 2. The number of nitrogens with one attached hydrogen (secondary N) is 1. The van der Waals surface area contributed by atoms with Crippen LogP contribution in [-0.4, -0.2) is 43.9 Å². The van der Waals surface area contributed by atoms with E-state index in [-0.39, 0.29) is 24.7 Å². The maximum absolute atomic E-state index is 12.3. The molecule has 20 heavy (non-hydrogen) atoms. The van der Waals surface area contributed by atoms with Gasteiger partial charge in [0.25, 0.3) is 0 Å². The van der Waals surface area contributed by atoms with Crippen molar-refractivity contribution in [1.82, 2.24) is 14.7 Å². The summed E-state index contributed by atoms with van der Waals surface area (Å²) in [4.78, 5) is 24.7. The predicted molar refractivity (Wildman–Crippen MR) is 73.5 cm³/mol. The standard InChI is InChI=1S/C13H20N4O3/c1-3-11-5-4-9(2)17(11)13(20)15-10-6-14-16(7-10)8-12(18)19/h6-7,9,11H,3-5,8H2,1-2H3,(H,15,20)(H,18,19). The number of amides is 2. The molecule has 1 aliphatic rings. The third-order valence-corrected chi connectivity index (χ3v) is 3.67. The molecule has 1 aliphatic heterocycles. The average Bonchev–Trinajstić information content (AvgIpc) is 2.95. The number of aliphatic carboxylic acids is 1. The Morgan fingerprint density at radius 2 is 2.25 bits per heavy atom. The summed E-state index contributed by atoms with van der Waals surface area (Å²) in [6.07, 6.45) is 5.97. The number of carboxylic acid groups (broad SMARTS) is 1. The minimum atomic E-state index is -0.967. The highest BCUT2D eigenvalue weighted by Gasteiger charge is 2.33. The van der Waals surface area contributed by atoms with E-state index in [1.165, 1.54) is 17.1 Å². The molecule has 0 spiro atoms. The van der Waals surface area contributed by atoms with E-state index in [0.717, 1.165) is 19.3 Å². The molecule has 0 aliphatic carbocycles. The fourth-order valence-corrected chi connectivity index (χ4v) is 2.68. The zero-order valence-electron chi connectivity index (χ0n) is 11.7. The number of rotatable bonds is 4. The van der Waals surface area contributed by atoms with Crippen LogP contribution in [0, 0.1) is 0 Å². The van der Waals surface area contributed by atoms with Gasteiger partial charge in [-0.15, -0.1) is 0 Å². The second-order valence-electron chi connectivity index (χ2n) is 5.15. The molecule has 1 aromatic heterocycles. The molecule has 0 saturated carbocycles. The number of likely N-dealkylation sites (tertiary alicyclic amines) is 1. The Balaban J connectivity index is 2.00. The van der Waals surface area contributed by atoms with Crippen LogP contribution in [0.3, 0.4) is 0 Å². The van der Waals surface area contributed by atoms with Crippen molar-refractivity contribution in [3.8, 4) is 0 Å². The Hall–Kier alpha value is -2.05. The first kappa shape index (κ1) is 14.4. The lowest BCUT2D eigenvalue weighted by atomic mass is 10.2. The molecule has 1 fully saturated rings. The monoisotopic (exact) mass is 280 g/mol. The molecule has 0 bridgehead atoms. The Morgan fingerprint density at radius 1 is 1.50 bits per heavy atom. The van der Waals surface area contributed by atoms with Crippen LogP contribution >= 0.6 is 0 Å². The highest BCUT2D eigenvalue weighted by atomic mass is 16.4. The molecule has 7 heteroatoms. The third-order valence-electron chi connectivity index (χ3n) is 3.67. The fourth-order valence-electron chi connectivity index (χ4n) is 2.68. The maximum Gasteiger partial charge on any atom is 0.325 e. The van der Waals surface area contributed by atoms with Gasteiger partial charge in [0, 0.05) is 18.3 Å². The molecule has 2 unspecified atom stereocenters. The van der Waals surface area contributed by atoms with E-state index in [9.17, 15) is 9.59 Å². The number of aromatic nitrogens is 2. The molecule has 2 heterocycles. The van der Waals surface area contributed by atoms with Crippen molar-refractivity contribution in [2.45, 2.75) is 51.7 Å². The molecule has 7 nitrogen and oxygen atoms in total. The zero-order chi connectivity index (χ0) is 14.7. The van der Waals surface area contributed by atoms with Crippen molar-refractivity contribution in [2.24, 2.45) is 0 Å². The number of carbonyl (C=O) groups is 2. The molecule has 1 saturated heterocycles. The predicted octanol–water partition coefficient (Wildman–Crippen LogP) is 1.76. The van der Waals surface area contributed by atoms with Crippen molar-refractivity contribution in [3.05, 3.63) is 12.4 Å². The van der Waals surface area contributed by atoms with Gasteiger partial charge in [0.1, 0.15) is 6.54 Å². The normalized spacial score (nSPS) is 22.0. The Morgan fingerprint density at radius 3 is 2.90 bits per heavy atom. The quantitative estimate of drug-likeness (QED) is 0.879. The largest absolute Gasteiger partial charge is 0.480 e. The molecular weight excluding hydrogens is 260 g/mol. The second-order valence-corrected chi connectivity index (χ2v) is 5.15. The SMILES string of the molecule is CCC1CCC(C)N1C(=O)Nc1cnn(CC(=O)O)c1. The van der Waals surface area contributed by atoms with Gasteiger partial charge in [-0.25, -0.2) is 4.79 Å². The van der Waals surface area contributed by atoms with E-state index in [2.05, 4.69) is 17.3 Å². The van der Waals surface area contributed by atoms with E-state index in [0.29, 0.717) is 5.69 Å². The van der Waals surface area contributed by atoms with Crippen molar-refractivity contribution >= 4 is 17.7 Å².